The number of ether oxygens (including phenoxy) is 2. The molecule has 2 aromatic rings. The number of methoxy groups -OCH3 is 2. The Labute approximate surface area is 191 Å². The molecule has 6 nitrogen and oxygen atoms in total. The predicted molar refractivity (Wildman–Crippen MR) is 128 cm³/mol. The smallest absolute Gasteiger partial charge is 0.319 e. The van der Waals surface area contributed by atoms with Crippen LogP contribution in [0.3, 0.4) is 0 Å². The fourth-order valence-electron chi connectivity index (χ4n) is 5.85. The molecule has 32 heavy (non-hydrogen) atoms. The maximum Gasteiger partial charge on any atom is 0.319 e. The molecule has 0 spiro atoms. The Morgan fingerprint density at radius 2 is 1.78 bits per heavy atom. The van der Waals surface area contributed by atoms with E-state index in [4.69, 9.17) is 9.47 Å². The van der Waals surface area contributed by atoms with Gasteiger partial charge in [-0.25, -0.2) is 4.79 Å². The number of hydrogen-bond donors (Lipinski definition) is 2. The highest BCUT2D eigenvalue weighted by atomic mass is 16.5. The molecule has 1 heterocycles. The summed E-state index contributed by atoms with van der Waals surface area (Å²) >= 11 is 0. The molecule has 2 aromatic carbocycles. The molecule has 4 rings (SSSR count). The van der Waals surface area contributed by atoms with Crippen molar-refractivity contribution in [1.82, 2.24) is 10.2 Å². The molecular formula is C26H35N3O3. The second-order valence-electron chi connectivity index (χ2n) is 9.57. The lowest BCUT2D eigenvalue weighted by Crippen LogP contribution is -2.48. The molecule has 6 heteroatoms. The first-order valence-electron chi connectivity index (χ1n) is 11.4. The third kappa shape index (κ3) is 4.42. The van der Waals surface area contributed by atoms with Gasteiger partial charge in [0.1, 0.15) is 0 Å². The maximum atomic E-state index is 12.7. The van der Waals surface area contributed by atoms with E-state index in [1.807, 2.05) is 32.0 Å². The monoisotopic (exact) mass is 437 g/mol. The molecule has 0 unspecified atom stereocenters. The molecule has 2 N–H and O–H groups in total. The summed E-state index contributed by atoms with van der Waals surface area (Å²) in [5.41, 5.74) is 4.52. The number of likely N-dealkylation sites (tertiary alicyclic amines) is 1. The van der Waals surface area contributed by atoms with Gasteiger partial charge in [-0.15, -0.1) is 0 Å². The normalized spacial score (nSPS) is 25.2. The van der Waals surface area contributed by atoms with E-state index in [1.54, 1.807) is 14.2 Å². The molecule has 2 fully saturated rings. The fraction of sp³-hybridized carbons (Fsp3) is 0.500. The van der Waals surface area contributed by atoms with Gasteiger partial charge in [0.05, 0.1) is 14.2 Å². The van der Waals surface area contributed by atoms with Crippen molar-refractivity contribution >= 4 is 11.7 Å². The second-order valence-corrected chi connectivity index (χ2v) is 9.57. The highest BCUT2D eigenvalue weighted by Crippen LogP contribution is 2.49. The van der Waals surface area contributed by atoms with Crippen LogP contribution >= 0.6 is 0 Å². The first-order chi connectivity index (χ1) is 15.3. The van der Waals surface area contributed by atoms with E-state index in [9.17, 15) is 4.79 Å². The van der Waals surface area contributed by atoms with Crippen molar-refractivity contribution in [3.63, 3.8) is 0 Å². The Bertz CT molecular complexity index is 972. The molecular weight excluding hydrogens is 402 g/mol. The minimum atomic E-state index is -0.120. The third-order valence-electron chi connectivity index (χ3n) is 7.15. The van der Waals surface area contributed by atoms with Crippen LogP contribution in [0.4, 0.5) is 10.5 Å². The standard InChI is InChI=1S/C26H35N3O3/c1-17-10-18(2)12-22(11-17)28-25(30)27-21-8-9-26(16-29(3)15-20(26)13-21)19-6-7-23(31-4)24(14-19)32-5/h6-7,10-12,14,20-21H,8-9,13,15-16H2,1-5H3,(H2,27,28,30)/t20-,21+,26-/m1/s1. The van der Waals surface area contributed by atoms with E-state index >= 15 is 0 Å². The zero-order chi connectivity index (χ0) is 22.9. The lowest BCUT2D eigenvalue weighted by atomic mass is 9.63. The second kappa shape index (κ2) is 9.02. The highest BCUT2D eigenvalue weighted by molar-refractivity contribution is 5.89. The number of amides is 2. The number of carbonyl (C=O) groups excluding carboxylic acids is 1. The predicted octanol–water partition coefficient (Wildman–Crippen LogP) is 4.49. The van der Waals surface area contributed by atoms with Crippen molar-refractivity contribution in [3.05, 3.63) is 53.1 Å². The van der Waals surface area contributed by atoms with Crippen LogP contribution in [0.5, 0.6) is 11.5 Å². The van der Waals surface area contributed by atoms with Crippen LogP contribution in [0, 0.1) is 19.8 Å². The van der Waals surface area contributed by atoms with Crippen molar-refractivity contribution in [1.29, 1.82) is 0 Å². The van der Waals surface area contributed by atoms with Crippen molar-refractivity contribution in [3.8, 4) is 11.5 Å². The van der Waals surface area contributed by atoms with Gasteiger partial charge in [0.15, 0.2) is 11.5 Å². The molecule has 2 aliphatic rings. The Balaban J connectivity index is 1.47. The molecule has 1 aliphatic carbocycles. The van der Waals surface area contributed by atoms with Crippen LogP contribution in [-0.2, 0) is 5.41 Å². The number of hydrogen-bond acceptors (Lipinski definition) is 4. The number of benzene rings is 2. The van der Waals surface area contributed by atoms with E-state index in [-0.39, 0.29) is 17.5 Å². The lowest BCUT2D eigenvalue weighted by Gasteiger charge is -2.42. The fourth-order valence-corrected chi connectivity index (χ4v) is 5.85. The number of fused-ring (bicyclic) bond motifs is 1. The van der Waals surface area contributed by atoms with E-state index in [2.05, 4.69) is 40.8 Å². The van der Waals surface area contributed by atoms with E-state index in [0.29, 0.717) is 5.92 Å². The van der Waals surface area contributed by atoms with Crippen molar-refractivity contribution in [2.75, 3.05) is 39.7 Å². The largest absolute Gasteiger partial charge is 0.493 e. The molecule has 1 saturated carbocycles. The van der Waals surface area contributed by atoms with Gasteiger partial charge in [0.2, 0.25) is 0 Å². The van der Waals surface area contributed by atoms with E-state index < -0.39 is 0 Å². The molecule has 3 atom stereocenters. The summed E-state index contributed by atoms with van der Waals surface area (Å²) in [5, 5.41) is 6.25. The summed E-state index contributed by atoms with van der Waals surface area (Å²) in [7, 11) is 5.55. The molecule has 2 amide bonds. The lowest BCUT2D eigenvalue weighted by molar-refractivity contribution is 0.197. The summed E-state index contributed by atoms with van der Waals surface area (Å²) in [6.07, 6.45) is 2.96. The first-order valence-corrected chi connectivity index (χ1v) is 11.4. The Morgan fingerprint density at radius 3 is 2.47 bits per heavy atom. The summed E-state index contributed by atoms with van der Waals surface area (Å²) in [6, 6.07) is 12.5. The van der Waals surface area contributed by atoms with Gasteiger partial charge < -0.3 is 25.0 Å². The summed E-state index contributed by atoms with van der Waals surface area (Å²) in [4.78, 5) is 15.1. The first kappa shape index (κ1) is 22.5. The maximum absolute atomic E-state index is 12.7. The van der Waals surface area contributed by atoms with Gasteiger partial charge in [-0.3, -0.25) is 0 Å². The minimum Gasteiger partial charge on any atom is -0.493 e. The average Bonchev–Trinajstić information content (AvgIpc) is 3.08. The van der Waals surface area contributed by atoms with Crippen molar-refractivity contribution < 1.29 is 14.3 Å². The number of aryl methyl sites for hydroxylation is 2. The van der Waals surface area contributed by atoms with Crippen LogP contribution < -0.4 is 20.1 Å². The molecule has 172 valence electrons. The van der Waals surface area contributed by atoms with Crippen molar-refractivity contribution in [2.45, 2.75) is 44.6 Å². The Kier molecular flexibility index (Phi) is 6.33. The zero-order valence-corrected chi connectivity index (χ0v) is 19.8. The van der Waals surface area contributed by atoms with Crippen molar-refractivity contribution in [2.24, 2.45) is 5.92 Å². The quantitative estimate of drug-likeness (QED) is 0.723. The molecule has 1 aliphatic heterocycles. The number of likely N-dealkylation sites (N-methyl/N-ethyl adjacent to an activating group) is 1. The van der Waals surface area contributed by atoms with Crippen LogP contribution in [0.15, 0.2) is 36.4 Å². The van der Waals surface area contributed by atoms with Crippen LogP contribution in [0.25, 0.3) is 0 Å². The van der Waals surface area contributed by atoms with Gasteiger partial charge in [0, 0.05) is 30.2 Å². The number of nitrogens with zero attached hydrogens (tertiary/aromatic N) is 1. The summed E-state index contributed by atoms with van der Waals surface area (Å²) < 4.78 is 11.0. The van der Waals surface area contributed by atoms with E-state index in [1.165, 1.54) is 5.56 Å². The number of urea groups is 1. The molecule has 0 radical (unpaired) electrons. The molecule has 1 saturated heterocycles. The van der Waals surface area contributed by atoms with Crippen LogP contribution in [-0.4, -0.2) is 51.3 Å². The average molecular weight is 438 g/mol. The number of nitrogens with one attached hydrogen (secondary N) is 2. The Hall–Kier alpha value is -2.73. The topological polar surface area (TPSA) is 62.8 Å². The van der Waals surface area contributed by atoms with E-state index in [0.717, 1.165) is 60.7 Å². The van der Waals surface area contributed by atoms with Gasteiger partial charge in [-0.2, -0.15) is 0 Å². The number of carbonyl (C=O) groups is 1. The zero-order valence-electron chi connectivity index (χ0n) is 19.8. The third-order valence-corrected chi connectivity index (χ3v) is 7.15. The van der Waals surface area contributed by atoms with Gasteiger partial charge in [0.25, 0.3) is 0 Å². The number of rotatable bonds is 5. The van der Waals surface area contributed by atoms with Gasteiger partial charge in [-0.05, 0) is 87.0 Å². The SMILES string of the molecule is COc1ccc([C@]23CC[C@H](NC(=O)Nc4cc(C)cc(C)c4)C[C@@H]2CN(C)C3)cc1OC. The Morgan fingerprint density at radius 1 is 1.06 bits per heavy atom. The highest BCUT2D eigenvalue weighted by Gasteiger charge is 2.50. The molecule has 0 bridgehead atoms. The van der Waals surface area contributed by atoms with Gasteiger partial charge >= 0.3 is 6.03 Å². The molecule has 0 aromatic heterocycles. The minimum absolute atomic E-state index is 0.0800. The summed E-state index contributed by atoms with van der Waals surface area (Å²) in [5.74, 6) is 2.01. The summed E-state index contributed by atoms with van der Waals surface area (Å²) in [6.45, 7) is 6.14. The van der Waals surface area contributed by atoms with Crippen LogP contribution in [0.2, 0.25) is 0 Å². The van der Waals surface area contributed by atoms with Crippen LogP contribution in [0.1, 0.15) is 36.0 Å². The number of anilines is 1. The van der Waals surface area contributed by atoms with Gasteiger partial charge in [-0.1, -0.05) is 12.1 Å².